The molecule has 1 aromatic heterocycles. The van der Waals surface area contributed by atoms with E-state index in [0.29, 0.717) is 0 Å². The molecule has 0 radical (unpaired) electrons. The Labute approximate surface area is 231 Å². The molecule has 4 aliphatic heterocycles. The van der Waals surface area contributed by atoms with Gasteiger partial charge in [0.15, 0.2) is 11.6 Å². The summed E-state index contributed by atoms with van der Waals surface area (Å²) in [7, 11) is 0. The molecule has 1 spiro atoms. The normalized spacial score (nSPS) is 17.7. The number of aromatic nitrogens is 2. The van der Waals surface area contributed by atoms with Crippen LogP contribution in [-0.4, -0.2) is 15.9 Å². The van der Waals surface area contributed by atoms with Crippen molar-refractivity contribution in [2.75, 3.05) is 19.6 Å². The SMILES string of the molecule is C1=C2C(=CC1)N1c3ccccc3-c3ccccc3N3c4nccnc4N4c5ccccc5-c5ccccc5N2C143. The summed E-state index contributed by atoms with van der Waals surface area (Å²) in [5.41, 5.74) is 11.7. The molecule has 0 atom stereocenters. The molecule has 5 aromatic rings. The molecular weight excluding hydrogens is 492 g/mol. The quantitative estimate of drug-likeness (QED) is 0.213. The van der Waals surface area contributed by atoms with Crippen molar-refractivity contribution in [3.63, 3.8) is 0 Å². The molecule has 5 aliphatic rings. The second kappa shape index (κ2) is 6.98. The standard InChI is InChI=1S/C34H22N6/c1-5-14-26-22(10-1)24-12-3-7-16-28(24)39-32-33(36-21-20-35-32)40-29-17-8-4-13-25(29)23-11-2-6-15-27(23)38-31-19-9-18-30(31)37(26)34(38,39)40/h1-8,10-21H,9H2. The van der Waals surface area contributed by atoms with E-state index in [1.807, 2.05) is 12.4 Å². The van der Waals surface area contributed by atoms with Crippen LogP contribution in [0, 0.1) is 0 Å². The second-order valence-corrected chi connectivity index (χ2v) is 10.6. The third kappa shape index (κ3) is 2.14. The van der Waals surface area contributed by atoms with Crippen molar-refractivity contribution in [3.05, 3.63) is 133 Å². The Morgan fingerprint density at radius 3 is 1.20 bits per heavy atom. The molecule has 1 saturated heterocycles. The molecule has 188 valence electrons. The third-order valence-electron chi connectivity index (χ3n) is 8.81. The number of allylic oxidation sites excluding steroid dienone is 2. The lowest BCUT2D eigenvalue weighted by Gasteiger charge is -2.50. The number of nitrogens with zero attached hydrogens (tertiary/aromatic N) is 6. The van der Waals surface area contributed by atoms with Gasteiger partial charge in [0.2, 0.25) is 0 Å². The average molecular weight is 515 g/mol. The largest absolute Gasteiger partial charge is 0.298 e. The van der Waals surface area contributed by atoms with Gasteiger partial charge in [-0.3, -0.25) is 19.6 Å². The predicted molar refractivity (Wildman–Crippen MR) is 159 cm³/mol. The van der Waals surface area contributed by atoms with Crippen molar-refractivity contribution < 1.29 is 0 Å². The molecule has 6 nitrogen and oxygen atoms in total. The van der Waals surface area contributed by atoms with Gasteiger partial charge in [0.1, 0.15) is 0 Å². The Hall–Kier alpha value is -5.36. The first-order valence-corrected chi connectivity index (χ1v) is 13.7. The lowest BCUT2D eigenvalue weighted by molar-refractivity contribution is 0.476. The minimum absolute atomic E-state index is 0.841. The fourth-order valence-electron chi connectivity index (χ4n) is 7.47. The molecule has 6 heteroatoms. The van der Waals surface area contributed by atoms with E-state index >= 15 is 0 Å². The minimum Gasteiger partial charge on any atom is -0.279 e. The fraction of sp³-hybridized carbons (Fsp3) is 0.0588. The molecule has 1 fully saturated rings. The molecular formula is C34H22N6. The fourth-order valence-corrected chi connectivity index (χ4v) is 7.47. The zero-order valence-electron chi connectivity index (χ0n) is 21.4. The molecule has 0 amide bonds. The zero-order chi connectivity index (χ0) is 26.0. The number of benzene rings is 4. The van der Waals surface area contributed by atoms with Crippen LogP contribution < -0.4 is 19.6 Å². The Balaban J connectivity index is 1.48. The lowest BCUT2D eigenvalue weighted by Crippen LogP contribution is -2.69. The van der Waals surface area contributed by atoms with E-state index in [1.165, 1.54) is 33.6 Å². The van der Waals surface area contributed by atoms with Gasteiger partial charge in [-0.15, -0.1) is 0 Å². The van der Waals surface area contributed by atoms with Gasteiger partial charge >= 0.3 is 0 Å². The molecule has 4 aromatic carbocycles. The van der Waals surface area contributed by atoms with Crippen LogP contribution in [0.3, 0.4) is 0 Å². The van der Waals surface area contributed by atoms with Crippen LogP contribution >= 0.6 is 0 Å². The third-order valence-corrected chi connectivity index (χ3v) is 8.81. The van der Waals surface area contributed by atoms with Crippen LogP contribution in [0.1, 0.15) is 6.42 Å². The van der Waals surface area contributed by atoms with Gasteiger partial charge in [-0.05, 0) is 30.7 Å². The second-order valence-electron chi connectivity index (χ2n) is 10.6. The summed E-state index contributed by atoms with van der Waals surface area (Å²) in [5.74, 6) is 0.814. The molecule has 10 rings (SSSR count). The summed E-state index contributed by atoms with van der Waals surface area (Å²) >= 11 is 0. The maximum absolute atomic E-state index is 5.05. The van der Waals surface area contributed by atoms with Crippen molar-refractivity contribution in [1.82, 2.24) is 9.97 Å². The van der Waals surface area contributed by atoms with Crippen LogP contribution in [0.4, 0.5) is 34.4 Å². The maximum atomic E-state index is 5.05. The number of para-hydroxylation sites is 4. The van der Waals surface area contributed by atoms with Crippen molar-refractivity contribution in [2.24, 2.45) is 0 Å². The topological polar surface area (TPSA) is 38.7 Å². The van der Waals surface area contributed by atoms with Gasteiger partial charge in [0.05, 0.1) is 34.1 Å². The predicted octanol–water partition coefficient (Wildman–Crippen LogP) is 7.54. The van der Waals surface area contributed by atoms with Gasteiger partial charge in [-0.1, -0.05) is 84.9 Å². The molecule has 0 bridgehead atoms. The summed E-state index contributed by atoms with van der Waals surface area (Å²) in [4.78, 5) is 20.0. The number of anilines is 6. The van der Waals surface area contributed by atoms with Crippen LogP contribution in [0.5, 0.6) is 0 Å². The van der Waals surface area contributed by atoms with E-state index in [0.717, 1.165) is 40.8 Å². The van der Waals surface area contributed by atoms with Crippen LogP contribution in [0.2, 0.25) is 0 Å². The van der Waals surface area contributed by atoms with E-state index in [-0.39, 0.29) is 0 Å². The lowest BCUT2D eigenvalue weighted by atomic mass is 10.0. The molecule has 40 heavy (non-hydrogen) atoms. The van der Waals surface area contributed by atoms with Crippen molar-refractivity contribution in [2.45, 2.75) is 12.3 Å². The molecule has 0 saturated carbocycles. The number of rotatable bonds is 0. The average Bonchev–Trinajstić information content (AvgIpc) is 3.62. The van der Waals surface area contributed by atoms with Gasteiger partial charge < -0.3 is 0 Å². The summed E-state index contributed by atoms with van der Waals surface area (Å²) < 4.78 is 0. The van der Waals surface area contributed by atoms with Crippen LogP contribution in [0.15, 0.2) is 133 Å². The summed E-state index contributed by atoms with van der Waals surface area (Å²) in [5, 5.41) is 0. The van der Waals surface area contributed by atoms with Crippen molar-refractivity contribution in [1.29, 1.82) is 0 Å². The Morgan fingerprint density at radius 2 is 0.800 bits per heavy atom. The van der Waals surface area contributed by atoms with Gasteiger partial charge in [-0.25, -0.2) is 9.97 Å². The maximum Gasteiger partial charge on any atom is 0.298 e. The Bertz CT molecular complexity index is 1850. The summed E-state index contributed by atoms with van der Waals surface area (Å²) in [6.07, 6.45) is 9.23. The number of hydrogen-bond acceptors (Lipinski definition) is 6. The van der Waals surface area contributed by atoms with Crippen LogP contribution in [-0.2, 0) is 0 Å². The molecule has 0 unspecified atom stereocenters. The first kappa shape index (κ1) is 20.6. The monoisotopic (exact) mass is 514 g/mol. The molecule has 1 aliphatic carbocycles. The van der Waals surface area contributed by atoms with Gasteiger partial charge in [-0.2, -0.15) is 0 Å². The number of hydrogen-bond donors (Lipinski definition) is 0. The highest BCUT2D eigenvalue weighted by Gasteiger charge is 2.69. The molecule has 0 N–H and O–H groups in total. The minimum atomic E-state index is -0.868. The first-order chi connectivity index (χ1) is 19.9. The Morgan fingerprint density at radius 1 is 0.450 bits per heavy atom. The van der Waals surface area contributed by atoms with E-state index in [1.54, 1.807) is 0 Å². The van der Waals surface area contributed by atoms with Crippen molar-refractivity contribution in [3.8, 4) is 22.3 Å². The highest BCUT2D eigenvalue weighted by Crippen LogP contribution is 2.67. The molecule has 5 heterocycles. The number of fused-ring (bicyclic) bond motifs is 16. The zero-order valence-corrected chi connectivity index (χ0v) is 21.4. The van der Waals surface area contributed by atoms with E-state index in [9.17, 15) is 0 Å². The van der Waals surface area contributed by atoms with Crippen molar-refractivity contribution >= 4 is 34.4 Å². The summed E-state index contributed by atoms with van der Waals surface area (Å²) in [6, 6.07) is 35.0. The highest BCUT2D eigenvalue weighted by atomic mass is 15.8. The van der Waals surface area contributed by atoms with E-state index < -0.39 is 5.91 Å². The van der Waals surface area contributed by atoms with E-state index in [2.05, 4.69) is 129 Å². The summed E-state index contributed by atoms with van der Waals surface area (Å²) in [6.45, 7) is 0. The Kier molecular flexibility index (Phi) is 3.59. The van der Waals surface area contributed by atoms with Gasteiger partial charge in [0.25, 0.3) is 5.91 Å². The van der Waals surface area contributed by atoms with E-state index in [4.69, 9.17) is 9.97 Å². The van der Waals surface area contributed by atoms with Crippen LogP contribution in [0.25, 0.3) is 22.3 Å². The highest BCUT2D eigenvalue weighted by molar-refractivity contribution is 6.07. The first-order valence-electron chi connectivity index (χ1n) is 13.7. The van der Waals surface area contributed by atoms with Gasteiger partial charge in [0, 0.05) is 34.6 Å². The smallest absolute Gasteiger partial charge is 0.279 e.